The van der Waals surface area contributed by atoms with Crippen molar-refractivity contribution in [2.45, 2.75) is 31.2 Å². The number of nitrogens with zero attached hydrogens (tertiary/aromatic N) is 4. The molecule has 1 N–H and O–H groups in total. The number of aromatic nitrogens is 2. The third kappa shape index (κ3) is 3.64. The highest BCUT2D eigenvalue weighted by Crippen LogP contribution is 2.48. The van der Waals surface area contributed by atoms with E-state index in [4.69, 9.17) is 0 Å². The first-order valence-electron chi connectivity index (χ1n) is 11.4. The summed E-state index contributed by atoms with van der Waals surface area (Å²) in [7, 11) is 4.13. The molecule has 0 amide bonds. The molecule has 2 unspecified atom stereocenters. The monoisotopic (exact) mass is 435 g/mol. The molecule has 168 valence electrons. The molecule has 1 fully saturated rings. The first-order chi connectivity index (χ1) is 15.6. The van der Waals surface area contributed by atoms with Crippen molar-refractivity contribution < 1.29 is 9.18 Å². The number of hydrogen-bond acceptors (Lipinski definition) is 5. The lowest BCUT2D eigenvalue weighted by molar-refractivity contribution is -0.106. The number of carbonyl (C=O) groups is 1. The number of rotatable bonds is 7. The Bertz CT molecular complexity index is 1130. The maximum Gasteiger partial charge on any atom is 0.139 e. The molecule has 2 aliphatic heterocycles. The number of hydrogen-bond donors (Lipinski definition) is 1. The van der Waals surface area contributed by atoms with Crippen LogP contribution in [0.1, 0.15) is 30.0 Å². The summed E-state index contributed by atoms with van der Waals surface area (Å²) in [4.78, 5) is 18.5. The lowest BCUT2D eigenvalue weighted by Crippen LogP contribution is -2.47. The van der Waals surface area contributed by atoms with Crippen LogP contribution in [0.4, 0.5) is 15.8 Å². The highest BCUT2D eigenvalue weighted by Gasteiger charge is 2.42. The molecule has 0 bridgehead atoms. The predicted molar refractivity (Wildman–Crippen MR) is 126 cm³/mol. The number of carbonyl (C=O) groups excluding carboxylic acids is 1. The molecule has 3 heterocycles. The van der Waals surface area contributed by atoms with Crippen LogP contribution in [0.15, 0.2) is 36.4 Å². The number of likely N-dealkylation sites (tertiary alicyclic amines) is 1. The SMILES string of the molecule is CN(C)c1cccc2c1N(CC=O)C1CCN(CCCc3[nH]nc4cc(F)ccc34)CC21. The molecular formula is C25H30FN5O. The van der Waals surface area contributed by atoms with Gasteiger partial charge in [-0.05, 0) is 49.6 Å². The Balaban J connectivity index is 1.28. The van der Waals surface area contributed by atoms with E-state index < -0.39 is 0 Å². The molecular weight excluding hydrogens is 405 g/mol. The number of nitrogens with one attached hydrogen (secondary N) is 1. The zero-order valence-corrected chi connectivity index (χ0v) is 18.7. The Morgan fingerprint density at radius 1 is 1.28 bits per heavy atom. The summed E-state index contributed by atoms with van der Waals surface area (Å²) in [5.74, 6) is 0.172. The highest BCUT2D eigenvalue weighted by molar-refractivity contribution is 5.82. The molecule has 2 aromatic carbocycles. The Morgan fingerprint density at radius 2 is 2.16 bits per heavy atom. The van der Waals surface area contributed by atoms with Crippen LogP contribution in [-0.2, 0) is 11.2 Å². The summed E-state index contributed by atoms with van der Waals surface area (Å²) in [6.45, 7) is 3.52. The highest BCUT2D eigenvalue weighted by atomic mass is 19.1. The van der Waals surface area contributed by atoms with Crippen LogP contribution in [0.25, 0.3) is 10.9 Å². The van der Waals surface area contributed by atoms with Gasteiger partial charge in [0.15, 0.2) is 0 Å². The van der Waals surface area contributed by atoms with Crippen LogP contribution < -0.4 is 9.80 Å². The number of para-hydroxylation sites is 1. The van der Waals surface area contributed by atoms with Crippen LogP contribution in [0, 0.1) is 5.82 Å². The molecule has 0 radical (unpaired) electrons. The third-order valence-electron chi connectivity index (χ3n) is 7.04. The first kappa shape index (κ1) is 20.9. The van der Waals surface area contributed by atoms with Crippen molar-refractivity contribution in [3.63, 3.8) is 0 Å². The zero-order chi connectivity index (χ0) is 22.2. The summed E-state index contributed by atoms with van der Waals surface area (Å²) in [5, 5.41) is 8.34. The number of halogens is 1. The van der Waals surface area contributed by atoms with E-state index in [0.29, 0.717) is 24.0 Å². The molecule has 3 aromatic rings. The molecule has 1 saturated heterocycles. The average Bonchev–Trinajstić information content (AvgIpc) is 3.32. The van der Waals surface area contributed by atoms with Crippen molar-refractivity contribution in [1.82, 2.24) is 15.1 Å². The van der Waals surface area contributed by atoms with Gasteiger partial charge in [0, 0.05) is 56.3 Å². The molecule has 32 heavy (non-hydrogen) atoms. The number of H-pyrrole nitrogens is 1. The quantitative estimate of drug-likeness (QED) is 0.575. The second-order valence-electron chi connectivity index (χ2n) is 9.16. The van der Waals surface area contributed by atoms with Gasteiger partial charge < -0.3 is 19.5 Å². The van der Waals surface area contributed by atoms with Crippen LogP contribution in [-0.4, -0.2) is 67.7 Å². The summed E-state index contributed by atoms with van der Waals surface area (Å²) in [6, 6.07) is 11.7. The standard InChI is InChI=1S/C25H30FN5O/c1-29(2)24-7-3-5-18-20-16-30(12-10-23(20)31(13-14-32)25(18)24)11-4-6-21-19-9-8-17(26)15-22(19)28-27-21/h3,5,7-9,14-15,20,23H,4,6,10-13,16H2,1-2H3,(H,27,28). The lowest BCUT2D eigenvalue weighted by Gasteiger charge is -2.38. The Morgan fingerprint density at radius 3 is 2.97 bits per heavy atom. The fourth-order valence-electron chi connectivity index (χ4n) is 5.59. The van der Waals surface area contributed by atoms with E-state index in [0.717, 1.165) is 56.3 Å². The number of aromatic amines is 1. The Labute approximate surface area is 188 Å². The maximum atomic E-state index is 13.4. The molecule has 6 nitrogen and oxygen atoms in total. The van der Waals surface area contributed by atoms with Crippen molar-refractivity contribution in [3.05, 3.63) is 53.5 Å². The number of benzene rings is 2. The zero-order valence-electron chi connectivity index (χ0n) is 18.7. The van der Waals surface area contributed by atoms with Gasteiger partial charge in [0.05, 0.1) is 23.4 Å². The van der Waals surface area contributed by atoms with E-state index in [1.54, 1.807) is 0 Å². The van der Waals surface area contributed by atoms with Crippen molar-refractivity contribution in [2.24, 2.45) is 0 Å². The largest absolute Gasteiger partial charge is 0.376 e. The van der Waals surface area contributed by atoms with E-state index in [1.807, 2.05) is 6.07 Å². The van der Waals surface area contributed by atoms with Gasteiger partial charge in [-0.2, -0.15) is 5.10 Å². The van der Waals surface area contributed by atoms with Crippen LogP contribution in [0.5, 0.6) is 0 Å². The van der Waals surface area contributed by atoms with Crippen molar-refractivity contribution in [1.29, 1.82) is 0 Å². The molecule has 0 saturated carbocycles. The summed E-state index contributed by atoms with van der Waals surface area (Å²) in [5.41, 5.74) is 5.56. The third-order valence-corrected chi connectivity index (χ3v) is 7.04. The van der Waals surface area contributed by atoms with Gasteiger partial charge in [-0.15, -0.1) is 0 Å². The van der Waals surface area contributed by atoms with Crippen molar-refractivity contribution in [3.8, 4) is 0 Å². The average molecular weight is 436 g/mol. The predicted octanol–water partition coefficient (Wildman–Crippen LogP) is 3.58. The fraction of sp³-hybridized carbons (Fsp3) is 0.440. The van der Waals surface area contributed by atoms with Gasteiger partial charge in [-0.25, -0.2) is 4.39 Å². The lowest BCUT2D eigenvalue weighted by atomic mass is 9.88. The van der Waals surface area contributed by atoms with Crippen LogP contribution in [0.3, 0.4) is 0 Å². The smallest absolute Gasteiger partial charge is 0.139 e. The van der Waals surface area contributed by atoms with Crippen molar-refractivity contribution in [2.75, 3.05) is 50.1 Å². The number of anilines is 2. The minimum atomic E-state index is -0.253. The minimum Gasteiger partial charge on any atom is -0.376 e. The number of piperidine rings is 1. The van der Waals surface area contributed by atoms with Gasteiger partial charge in [0.2, 0.25) is 0 Å². The molecule has 0 spiro atoms. The first-order valence-corrected chi connectivity index (χ1v) is 11.4. The summed E-state index contributed by atoms with van der Waals surface area (Å²) >= 11 is 0. The summed E-state index contributed by atoms with van der Waals surface area (Å²) in [6.07, 6.45) is 4.01. The molecule has 1 aromatic heterocycles. The molecule has 2 aliphatic rings. The molecule has 7 heteroatoms. The number of aryl methyl sites for hydroxylation is 1. The Kier molecular flexibility index (Phi) is 5.59. The van der Waals surface area contributed by atoms with Crippen LogP contribution >= 0.6 is 0 Å². The summed E-state index contributed by atoms with van der Waals surface area (Å²) < 4.78 is 13.4. The molecule has 2 atom stereocenters. The van der Waals surface area contributed by atoms with E-state index in [1.165, 1.54) is 29.1 Å². The van der Waals surface area contributed by atoms with Gasteiger partial charge in [0.1, 0.15) is 12.1 Å². The van der Waals surface area contributed by atoms with E-state index >= 15 is 0 Å². The second kappa shape index (κ2) is 8.54. The normalized spacial score (nSPS) is 20.4. The van der Waals surface area contributed by atoms with E-state index in [2.05, 4.69) is 57.2 Å². The van der Waals surface area contributed by atoms with Gasteiger partial charge in [-0.3, -0.25) is 5.10 Å². The van der Waals surface area contributed by atoms with Gasteiger partial charge >= 0.3 is 0 Å². The number of aldehydes is 1. The van der Waals surface area contributed by atoms with Crippen LogP contribution in [0.2, 0.25) is 0 Å². The van der Waals surface area contributed by atoms with E-state index in [9.17, 15) is 9.18 Å². The second-order valence-corrected chi connectivity index (χ2v) is 9.16. The fourth-order valence-corrected chi connectivity index (χ4v) is 5.59. The van der Waals surface area contributed by atoms with Gasteiger partial charge in [0.25, 0.3) is 0 Å². The van der Waals surface area contributed by atoms with E-state index in [-0.39, 0.29) is 5.82 Å². The maximum absolute atomic E-state index is 13.4. The minimum absolute atomic E-state index is 0.253. The Hall–Kier alpha value is -2.93. The molecule has 0 aliphatic carbocycles. The number of fused-ring (bicyclic) bond motifs is 4. The topological polar surface area (TPSA) is 55.5 Å². The van der Waals surface area contributed by atoms with Gasteiger partial charge in [-0.1, -0.05) is 12.1 Å². The van der Waals surface area contributed by atoms with Crippen molar-refractivity contribution >= 4 is 28.6 Å². The molecule has 5 rings (SSSR count).